The van der Waals surface area contributed by atoms with Crippen molar-refractivity contribution in [3.8, 4) is 11.5 Å². The number of hydrogen-bond acceptors (Lipinski definition) is 4. The van der Waals surface area contributed by atoms with Crippen LogP contribution in [0.15, 0.2) is 54.6 Å². The summed E-state index contributed by atoms with van der Waals surface area (Å²) < 4.78 is 10.6. The molecule has 0 radical (unpaired) electrons. The molecule has 0 aromatic heterocycles. The van der Waals surface area contributed by atoms with Crippen molar-refractivity contribution >= 4 is 17.5 Å². The summed E-state index contributed by atoms with van der Waals surface area (Å²) in [5.74, 6) is 0.974. The molecule has 3 rings (SSSR count). The van der Waals surface area contributed by atoms with Gasteiger partial charge in [-0.3, -0.25) is 9.59 Å². The van der Waals surface area contributed by atoms with Gasteiger partial charge in [0.1, 0.15) is 11.5 Å². The molecule has 25 heavy (non-hydrogen) atoms. The van der Waals surface area contributed by atoms with Crippen LogP contribution < -0.4 is 19.7 Å². The van der Waals surface area contributed by atoms with Crippen molar-refractivity contribution in [2.24, 2.45) is 0 Å². The van der Waals surface area contributed by atoms with Gasteiger partial charge in [-0.15, -0.1) is 0 Å². The summed E-state index contributed by atoms with van der Waals surface area (Å²) in [5, 5.41) is 2.85. The molecule has 2 aromatic carbocycles. The van der Waals surface area contributed by atoms with Crippen LogP contribution in [0.3, 0.4) is 0 Å². The Bertz CT molecular complexity index is 748. The summed E-state index contributed by atoms with van der Waals surface area (Å²) in [6.07, 6.45) is 0.291. The normalized spacial score (nSPS) is 16.6. The first-order valence-corrected chi connectivity index (χ1v) is 8.07. The fourth-order valence-corrected chi connectivity index (χ4v) is 2.77. The van der Waals surface area contributed by atoms with E-state index >= 15 is 0 Å². The van der Waals surface area contributed by atoms with Gasteiger partial charge in [0.15, 0.2) is 6.61 Å². The smallest absolute Gasteiger partial charge is 0.258 e. The number of nitrogens with zero attached hydrogens (tertiary/aromatic N) is 1. The van der Waals surface area contributed by atoms with Crippen LogP contribution in [0.2, 0.25) is 0 Å². The molecule has 0 spiro atoms. The highest BCUT2D eigenvalue weighted by Gasteiger charge is 2.31. The van der Waals surface area contributed by atoms with Crippen LogP contribution in [0.4, 0.5) is 5.69 Å². The zero-order valence-corrected chi connectivity index (χ0v) is 14.0. The predicted octanol–water partition coefficient (Wildman–Crippen LogP) is 2.00. The predicted molar refractivity (Wildman–Crippen MR) is 93.8 cm³/mol. The highest BCUT2D eigenvalue weighted by Crippen LogP contribution is 2.21. The molecule has 2 aromatic rings. The lowest BCUT2D eigenvalue weighted by atomic mass is 10.2. The van der Waals surface area contributed by atoms with E-state index in [9.17, 15) is 9.59 Å². The fraction of sp³-hybridized carbons (Fsp3) is 0.263. The van der Waals surface area contributed by atoms with Crippen LogP contribution in [-0.2, 0) is 9.59 Å². The van der Waals surface area contributed by atoms with Gasteiger partial charge >= 0.3 is 0 Å². The maximum absolute atomic E-state index is 12.1. The van der Waals surface area contributed by atoms with E-state index in [0.717, 1.165) is 5.69 Å². The zero-order valence-electron chi connectivity index (χ0n) is 14.0. The Morgan fingerprint density at radius 1 is 1.16 bits per heavy atom. The van der Waals surface area contributed by atoms with Crippen molar-refractivity contribution < 1.29 is 19.1 Å². The molecular weight excluding hydrogens is 320 g/mol. The summed E-state index contributed by atoms with van der Waals surface area (Å²) in [6, 6.07) is 16.3. The maximum atomic E-state index is 12.1. The van der Waals surface area contributed by atoms with E-state index in [2.05, 4.69) is 5.32 Å². The molecule has 0 saturated carbocycles. The summed E-state index contributed by atoms with van der Waals surface area (Å²) in [4.78, 5) is 25.9. The molecule has 1 aliphatic heterocycles. The molecule has 2 amide bonds. The first-order valence-electron chi connectivity index (χ1n) is 8.07. The number of rotatable bonds is 6. The Labute approximate surface area is 146 Å². The van der Waals surface area contributed by atoms with E-state index in [1.165, 1.54) is 0 Å². The van der Waals surface area contributed by atoms with Crippen molar-refractivity contribution in [3.63, 3.8) is 0 Å². The van der Waals surface area contributed by atoms with Gasteiger partial charge in [0, 0.05) is 24.7 Å². The number of benzene rings is 2. The number of hydrogen-bond donors (Lipinski definition) is 1. The summed E-state index contributed by atoms with van der Waals surface area (Å²) in [5.41, 5.74) is 0.844. The number of ether oxygens (including phenoxy) is 2. The van der Waals surface area contributed by atoms with Crippen molar-refractivity contribution in [1.82, 2.24) is 5.32 Å². The fourth-order valence-electron chi connectivity index (χ4n) is 2.77. The van der Waals surface area contributed by atoms with Gasteiger partial charge in [-0.2, -0.15) is 0 Å². The Balaban J connectivity index is 1.51. The SMILES string of the molecule is COc1cccc(OCC(=O)N[C@@H]2CC(=O)N(c3ccccc3)C2)c1. The molecule has 1 atom stereocenters. The Morgan fingerprint density at radius 3 is 2.68 bits per heavy atom. The van der Waals surface area contributed by atoms with Gasteiger partial charge in [0.25, 0.3) is 5.91 Å². The lowest BCUT2D eigenvalue weighted by Gasteiger charge is -2.17. The number of anilines is 1. The third-order valence-corrected chi connectivity index (χ3v) is 3.97. The third kappa shape index (κ3) is 4.29. The highest BCUT2D eigenvalue weighted by molar-refractivity contribution is 5.96. The van der Waals surface area contributed by atoms with E-state index in [-0.39, 0.29) is 24.5 Å². The number of amides is 2. The number of nitrogens with one attached hydrogen (secondary N) is 1. The second kappa shape index (κ2) is 7.70. The minimum atomic E-state index is -0.254. The summed E-state index contributed by atoms with van der Waals surface area (Å²) in [6.45, 7) is 0.358. The third-order valence-electron chi connectivity index (χ3n) is 3.97. The highest BCUT2D eigenvalue weighted by atomic mass is 16.5. The molecular formula is C19H20N2O4. The Hall–Kier alpha value is -3.02. The van der Waals surface area contributed by atoms with Gasteiger partial charge in [0.2, 0.25) is 5.91 Å². The molecule has 0 unspecified atom stereocenters. The molecule has 6 nitrogen and oxygen atoms in total. The summed E-state index contributed by atoms with van der Waals surface area (Å²) >= 11 is 0. The first-order chi connectivity index (χ1) is 12.2. The molecule has 1 aliphatic rings. The molecule has 1 saturated heterocycles. The standard InChI is InChI=1S/C19H20N2O4/c1-24-16-8-5-9-17(11-16)25-13-18(22)20-14-10-19(23)21(12-14)15-6-3-2-4-7-15/h2-9,11,14H,10,12-13H2,1H3,(H,20,22)/t14-/m1/s1. The average molecular weight is 340 g/mol. The second-order valence-corrected chi connectivity index (χ2v) is 5.78. The Kier molecular flexibility index (Phi) is 5.18. The van der Waals surface area contributed by atoms with E-state index in [0.29, 0.717) is 24.5 Å². The van der Waals surface area contributed by atoms with E-state index in [1.54, 1.807) is 36.3 Å². The molecule has 0 aliphatic carbocycles. The Morgan fingerprint density at radius 2 is 1.92 bits per heavy atom. The van der Waals surface area contributed by atoms with Crippen LogP contribution in [0.25, 0.3) is 0 Å². The average Bonchev–Trinajstić information content (AvgIpc) is 3.01. The first kappa shape index (κ1) is 16.8. The lowest BCUT2D eigenvalue weighted by Crippen LogP contribution is -2.39. The minimum Gasteiger partial charge on any atom is -0.497 e. The summed E-state index contributed by atoms with van der Waals surface area (Å²) in [7, 11) is 1.57. The second-order valence-electron chi connectivity index (χ2n) is 5.78. The van der Waals surface area contributed by atoms with Crippen molar-refractivity contribution in [3.05, 3.63) is 54.6 Å². The van der Waals surface area contributed by atoms with Crippen LogP contribution in [0.5, 0.6) is 11.5 Å². The molecule has 0 bridgehead atoms. The van der Waals surface area contributed by atoms with Gasteiger partial charge in [0.05, 0.1) is 13.2 Å². The van der Waals surface area contributed by atoms with Crippen molar-refractivity contribution in [2.45, 2.75) is 12.5 Å². The van der Waals surface area contributed by atoms with Crippen molar-refractivity contribution in [1.29, 1.82) is 0 Å². The number of methoxy groups -OCH3 is 1. The van der Waals surface area contributed by atoms with Crippen LogP contribution in [-0.4, -0.2) is 38.1 Å². The van der Waals surface area contributed by atoms with E-state index in [1.807, 2.05) is 30.3 Å². The molecule has 1 N–H and O–H groups in total. The number of para-hydroxylation sites is 1. The molecule has 1 heterocycles. The largest absolute Gasteiger partial charge is 0.497 e. The molecule has 130 valence electrons. The topological polar surface area (TPSA) is 67.9 Å². The van der Waals surface area contributed by atoms with Crippen LogP contribution in [0, 0.1) is 0 Å². The monoisotopic (exact) mass is 340 g/mol. The number of carbonyl (C=O) groups is 2. The van der Waals surface area contributed by atoms with Gasteiger partial charge in [-0.1, -0.05) is 24.3 Å². The van der Waals surface area contributed by atoms with E-state index < -0.39 is 0 Å². The maximum Gasteiger partial charge on any atom is 0.258 e. The van der Waals surface area contributed by atoms with Gasteiger partial charge < -0.3 is 19.7 Å². The minimum absolute atomic E-state index is 0.00483. The van der Waals surface area contributed by atoms with Crippen LogP contribution >= 0.6 is 0 Å². The van der Waals surface area contributed by atoms with Crippen LogP contribution in [0.1, 0.15) is 6.42 Å². The van der Waals surface area contributed by atoms with Gasteiger partial charge in [-0.05, 0) is 24.3 Å². The van der Waals surface area contributed by atoms with E-state index in [4.69, 9.17) is 9.47 Å². The van der Waals surface area contributed by atoms with Crippen molar-refractivity contribution in [2.75, 3.05) is 25.2 Å². The molecule has 1 fully saturated rings. The molecule has 6 heteroatoms. The quantitative estimate of drug-likeness (QED) is 0.873. The number of carbonyl (C=O) groups excluding carboxylic acids is 2. The van der Waals surface area contributed by atoms with Gasteiger partial charge in [-0.25, -0.2) is 0 Å². The zero-order chi connectivity index (χ0) is 17.6. The lowest BCUT2D eigenvalue weighted by molar-refractivity contribution is -0.123.